The fourth-order valence-electron chi connectivity index (χ4n) is 2.39. The summed E-state index contributed by atoms with van der Waals surface area (Å²) in [6.45, 7) is 3.88. The van der Waals surface area contributed by atoms with Crippen LogP contribution in [0, 0.1) is 15.9 Å². The fourth-order valence-corrected chi connectivity index (χ4v) is 3.87. The van der Waals surface area contributed by atoms with Crippen molar-refractivity contribution in [2.45, 2.75) is 18.7 Å². The van der Waals surface area contributed by atoms with Gasteiger partial charge in [0.1, 0.15) is 11.5 Å². The summed E-state index contributed by atoms with van der Waals surface area (Å²) >= 11 is 0. The van der Waals surface area contributed by atoms with Gasteiger partial charge in [0.25, 0.3) is 5.69 Å². The molecule has 2 aromatic rings. The molecule has 0 amide bonds. The number of anilines is 1. The van der Waals surface area contributed by atoms with E-state index < -0.39 is 26.5 Å². The predicted molar refractivity (Wildman–Crippen MR) is 101 cm³/mol. The van der Waals surface area contributed by atoms with Gasteiger partial charge in [-0.3, -0.25) is 15.5 Å². The number of nitro groups is 1. The second kappa shape index (κ2) is 8.69. The molecule has 0 atom stereocenters. The van der Waals surface area contributed by atoms with Crippen LogP contribution in [0.25, 0.3) is 0 Å². The van der Waals surface area contributed by atoms with E-state index in [0.29, 0.717) is 5.56 Å². The summed E-state index contributed by atoms with van der Waals surface area (Å²) in [5, 5.41) is 15.2. The van der Waals surface area contributed by atoms with E-state index in [1.165, 1.54) is 40.9 Å². The number of hydrogen-bond acceptors (Lipinski definition) is 6. The third-order valence-corrected chi connectivity index (χ3v) is 5.80. The first-order valence-electron chi connectivity index (χ1n) is 8.12. The molecule has 2 aromatic carbocycles. The minimum Gasteiger partial charge on any atom is -0.272 e. The number of halogens is 1. The normalized spacial score (nSPS) is 11.9. The van der Waals surface area contributed by atoms with Crippen molar-refractivity contribution in [2.75, 3.05) is 18.5 Å². The maximum atomic E-state index is 13.1. The first-order valence-corrected chi connectivity index (χ1v) is 9.56. The van der Waals surface area contributed by atoms with E-state index in [9.17, 15) is 22.9 Å². The minimum absolute atomic E-state index is 0.0196. The number of benzene rings is 2. The van der Waals surface area contributed by atoms with Gasteiger partial charge in [-0.15, -0.1) is 0 Å². The summed E-state index contributed by atoms with van der Waals surface area (Å²) in [6.07, 6.45) is 1.30. The Morgan fingerprint density at radius 3 is 2.52 bits per heavy atom. The zero-order valence-corrected chi connectivity index (χ0v) is 15.6. The molecule has 0 radical (unpaired) electrons. The molecule has 10 heteroatoms. The minimum atomic E-state index is -3.82. The molecule has 27 heavy (non-hydrogen) atoms. The summed E-state index contributed by atoms with van der Waals surface area (Å²) in [5.74, 6) is -0.434. The molecule has 0 heterocycles. The number of hydrogen-bond donors (Lipinski definition) is 1. The van der Waals surface area contributed by atoms with E-state index in [1.54, 1.807) is 19.9 Å². The Hall–Kier alpha value is -2.85. The molecule has 0 aliphatic carbocycles. The SMILES string of the molecule is CCN(CC)S(=O)(=O)c1ccc(N/N=C\c2cccc(F)c2)c([N+](=O)[O-])c1. The molecule has 144 valence electrons. The van der Waals surface area contributed by atoms with Crippen molar-refractivity contribution in [1.82, 2.24) is 4.31 Å². The summed E-state index contributed by atoms with van der Waals surface area (Å²) in [6, 6.07) is 9.20. The number of nitro benzene ring substituents is 1. The smallest absolute Gasteiger partial charge is 0.272 e. The molecule has 0 fully saturated rings. The lowest BCUT2D eigenvalue weighted by molar-refractivity contribution is -0.384. The Morgan fingerprint density at radius 1 is 1.22 bits per heavy atom. The molecule has 0 aromatic heterocycles. The molecule has 0 aliphatic rings. The topological polar surface area (TPSA) is 105 Å². The summed E-state index contributed by atoms with van der Waals surface area (Å²) in [5.41, 5.74) is 2.55. The van der Waals surface area contributed by atoms with Gasteiger partial charge in [0.15, 0.2) is 0 Å². The van der Waals surface area contributed by atoms with Gasteiger partial charge in [-0.25, -0.2) is 12.8 Å². The van der Waals surface area contributed by atoms with Crippen molar-refractivity contribution in [2.24, 2.45) is 5.10 Å². The number of nitrogens with zero attached hydrogens (tertiary/aromatic N) is 3. The highest BCUT2D eigenvalue weighted by Gasteiger charge is 2.25. The van der Waals surface area contributed by atoms with E-state index in [-0.39, 0.29) is 23.7 Å². The van der Waals surface area contributed by atoms with Gasteiger partial charge in [0.2, 0.25) is 10.0 Å². The van der Waals surface area contributed by atoms with E-state index in [2.05, 4.69) is 10.5 Å². The van der Waals surface area contributed by atoms with Crippen LogP contribution >= 0.6 is 0 Å². The molecule has 2 rings (SSSR count). The molecule has 0 saturated carbocycles. The van der Waals surface area contributed by atoms with Crippen molar-refractivity contribution in [3.05, 3.63) is 64.0 Å². The molecular formula is C17H19FN4O4S. The van der Waals surface area contributed by atoms with Crippen molar-refractivity contribution < 1.29 is 17.7 Å². The third-order valence-electron chi connectivity index (χ3n) is 3.76. The Kier molecular flexibility index (Phi) is 6.59. The van der Waals surface area contributed by atoms with Crippen LogP contribution in [0.2, 0.25) is 0 Å². The predicted octanol–water partition coefficient (Wildman–Crippen LogP) is 3.21. The van der Waals surface area contributed by atoms with Crippen LogP contribution in [-0.2, 0) is 10.0 Å². The van der Waals surface area contributed by atoms with Crippen LogP contribution in [-0.4, -0.2) is 37.0 Å². The molecular weight excluding hydrogens is 375 g/mol. The van der Waals surface area contributed by atoms with Gasteiger partial charge in [-0.1, -0.05) is 26.0 Å². The maximum Gasteiger partial charge on any atom is 0.295 e. The van der Waals surface area contributed by atoms with Crippen LogP contribution in [0.3, 0.4) is 0 Å². The molecule has 0 aliphatic heterocycles. The Morgan fingerprint density at radius 2 is 1.93 bits per heavy atom. The highest BCUT2D eigenvalue weighted by Crippen LogP contribution is 2.29. The van der Waals surface area contributed by atoms with Gasteiger partial charge in [-0.2, -0.15) is 9.41 Å². The van der Waals surface area contributed by atoms with Crippen LogP contribution < -0.4 is 5.43 Å². The van der Waals surface area contributed by atoms with Crippen LogP contribution in [0.15, 0.2) is 52.5 Å². The maximum absolute atomic E-state index is 13.1. The van der Waals surface area contributed by atoms with Crippen molar-refractivity contribution >= 4 is 27.6 Å². The standard InChI is InChI=1S/C17H19FN4O4S/c1-3-21(4-2)27(25,26)15-8-9-16(17(11-15)22(23)24)20-19-12-13-6-5-7-14(18)10-13/h5-12,20H,3-4H2,1-2H3/b19-12-. The van der Waals surface area contributed by atoms with E-state index in [4.69, 9.17) is 0 Å². The largest absolute Gasteiger partial charge is 0.295 e. The molecule has 8 nitrogen and oxygen atoms in total. The third kappa shape index (κ3) is 4.86. The number of rotatable bonds is 8. The molecule has 0 spiro atoms. The first kappa shape index (κ1) is 20.5. The lowest BCUT2D eigenvalue weighted by Gasteiger charge is -2.18. The zero-order chi connectivity index (χ0) is 20.0. The van der Waals surface area contributed by atoms with Gasteiger partial charge >= 0.3 is 0 Å². The summed E-state index contributed by atoms with van der Waals surface area (Å²) in [4.78, 5) is 10.5. The lowest BCUT2D eigenvalue weighted by Crippen LogP contribution is -2.30. The van der Waals surface area contributed by atoms with Crippen molar-refractivity contribution in [1.29, 1.82) is 0 Å². The average Bonchev–Trinajstić information content (AvgIpc) is 2.62. The average molecular weight is 394 g/mol. The zero-order valence-electron chi connectivity index (χ0n) is 14.8. The number of sulfonamides is 1. The Labute approximate surface area is 156 Å². The van der Waals surface area contributed by atoms with Gasteiger partial charge in [0, 0.05) is 19.2 Å². The highest BCUT2D eigenvalue weighted by atomic mass is 32.2. The van der Waals surface area contributed by atoms with Crippen molar-refractivity contribution in [3.8, 4) is 0 Å². The highest BCUT2D eigenvalue weighted by molar-refractivity contribution is 7.89. The van der Waals surface area contributed by atoms with Crippen LogP contribution in [0.1, 0.15) is 19.4 Å². The molecule has 0 unspecified atom stereocenters. The molecule has 0 saturated heterocycles. The second-order valence-electron chi connectivity index (χ2n) is 5.45. The fraction of sp³-hybridized carbons (Fsp3) is 0.235. The van der Waals surface area contributed by atoms with Gasteiger partial charge in [-0.05, 0) is 29.8 Å². The molecule has 1 N–H and O–H groups in total. The van der Waals surface area contributed by atoms with Crippen LogP contribution in [0.5, 0.6) is 0 Å². The van der Waals surface area contributed by atoms with E-state index in [0.717, 1.165) is 6.07 Å². The number of hydrazone groups is 1. The van der Waals surface area contributed by atoms with E-state index in [1.807, 2.05) is 0 Å². The summed E-state index contributed by atoms with van der Waals surface area (Å²) < 4.78 is 39.4. The second-order valence-corrected chi connectivity index (χ2v) is 7.39. The summed E-state index contributed by atoms with van der Waals surface area (Å²) in [7, 11) is -3.82. The van der Waals surface area contributed by atoms with E-state index >= 15 is 0 Å². The number of nitrogens with one attached hydrogen (secondary N) is 1. The Balaban J connectivity index is 2.32. The lowest BCUT2D eigenvalue weighted by atomic mass is 10.2. The molecule has 0 bridgehead atoms. The first-order chi connectivity index (χ1) is 12.8. The van der Waals surface area contributed by atoms with Gasteiger partial charge in [0.05, 0.1) is 16.0 Å². The van der Waals surface area contributed by atoms with Gasteiger partial charge < -0.3 is 0 Å². The quantitative estimate of drug-likeness (QED) is 0.420. The monoisotopic (exact) mass is 394 g/mol. The van der Waals surface area contributed by atoms with Crippen molar-refractivity contribution in [3.63, 3.8) is 0 Å². The Bertz CT molecular complexity index is 959. The van der Waals surface area contributed by atoms with Crippen LogP contribution in [0.4, 0.5) is 15.8 Å².